The molecule has 0 radical (unpaired) electrons. The number of nitrogens with one attached hydrogen (secondary N) is 1. The van der Waals surface area contributed by atoms with Crippen molar-refractivity contribution in [1.29, 1.82) is 0 Å². The normalized spacial score (nSPS) is 14.7. The summed E-state index contributed by atoms with van der Waals surface area (Å²) in [7, 11) is 5.55. The van der Waals surface area contributed by atoms with Crippen LogP contribution in [0.1, 0.15) is 18.4 Å². The van der Waals surface area contributed by atoms with E-state index in [1.807, 2.05) is 26.2 Å². The van der Waals surface area contributed by atoms with Crippen LogP contribution < -0.4 is 10.1 Å². The van der Waals surface area contributed by atoms with Gasteiger partial charge in [0.25, 0.3) is 0 Å². The molecule has 1 aromatic rings. The Morgan fingerprint density at radius 1 is 1.30 bits per heavy atom. The summed E-state index contributed by atoms with van der Waals surface area (Å²) in [5.74, 6) is 2.62. The van der Waals surface area contributed by atoms with Crippen LogP contribution in [0.2, 0.25) is 0 Å². The first kappa shape index (κ1) is 17.6. The minimum Gasteiger partial charge on any atom is -0.497 e. The number of likely N-dealkylation sites (N-methyl/N-ethyl adjacent to an activating group) is 1. The number of aliphatic imine (C=N–C) groups is 1. The number of ether oxygens (including phenoxy) is 2. The van der Waals surface area contributed by atoms with E-state index >= 15 is 0 Å². The molecule has 5 heteroatoms. The Morgan fingerprint density at radius 2 is 2.04 bits per heavy atom. The van der Waals surface area contributed by atoms with E-state index < -0.39 is 0 Å². The van der Waals surface area contributed by atoms with Crippen molar-refractivity contribution in [3.05, 3.63) is 29.8 Å². The Morgan fingerprint density at radius 3 is 2.65 bits per heavy atom. The molecule has 0 amide bonds. The van der Waals surface area contributed by atoms with Crippen molar-refractivity contribution in [1.82, 2.24) is 10.2 Å². The lowest BCUT2D eigenvalue weighted by atomic mass is 10.1. The van der Waals surface area contributed by atoms with E-state index in [4.69, 9.17) is 9.47 Å². The highest BCUT2D eigenvalue weighted by Gasteiger charge is 2.21. The lowest BCUT2D eigenvalue weighted by Gasteiger charge is -2.22. The zero-order valence-electron chi connectivity index (χ0n) is 14.5. The van der Waals surface area contributed by atoms with Gasteiger partial charge in [0, 0.05) is 33.8 Å². The Bertz CT molecular complexity index is 484. The molecule has 0 aliphatic heterocycles. The number of benzene rings is 1. The molecule has 1 aromatic carbocycles. The second kappa shape index (κ2) is 9.40. The first-order valence-corrected chi connectivity index (χ1v) is 8.35. The summed E-state index contributed by atoms with van der Waals surface area (Å²) in [4.78, 5) is 6.44. The van der Waals surface area contributed by atoms with E-state index in [0.29, 0.717) is 0 Å². The fourth-order valence-corrected chi connectivity index (χ4v) is 2.34. The van der Waals surface area contributed by atoms with Crippen LogP contribution in [-0.4, -0.2) is 58.4 Å². The van der Waals surface area contributed by atoms with Gasteiger partial charge in [-0.2, -0.15) is 0 Å². The molecule has 23 heavy (non-hydrogen) atoms. The van der Waals surface area contributed by atoms with Crippen molar-refractivity contribution in [2.75, 3.05) is 47.5 Å². The molecule has 0 unspecified atom stereocenters. The third-order valence-electron chi connectivity index (χ3n) is 4.05. The van der Waals surface area contributed by atoms with E-state index in [9.17, 15) is 0 Å². The largest absolute Gasteiger partial charge is 0.497 e. The van der Waals surface area contributed by atoms with Crippen molar-refractivity contribution in [2.24, 2.45) is 10.9 Å². The molecule has 0 aromatic heterocycles. The van der Waals surface area contributed by atoms with Gasteiger partial charge in [-0.25, -0.2) is 0 Å². The third kappa shape index (κ3) is 6.48. The van der Waals surface area contributed by atoms with Crippen molar-refractivity contribution in [2.45, 2.75) is 19.3 Å². The Hall–Kier alpha value is -1.75. The van der Waals surface area contributed by atoms with E-state index in [0.717, 1.165) is 50.4 Å². The molecule has 0 heterocycles. The topological polar surface area (TPSA) is 46.1 Å². The molecule has 1 N–H and O–H groups in total. The van der Waals surface area contributed by atoms with Gasteiger partial charge in [-0.05, 0) is 42.9 Å². The Kier molecular flexibility index (Phi) is 7.20. The maximum atomic E-state index is 5.68. The smallest absolute Gasteiger partial charge is 0.193 e. The molecule has 5 nitrogen and oxygen atoms in total. The third-order valence-corrected chi connectivity index (χ3v) is 4.05. The van der Waals surface area contributed by atoms with Crippen molar-refractivity contribution in [3.63, 3.8) is 0 Å². The molecule has 0 saturated heterocycles. The van der Waals surface area contributed by atoms with Crippen LogP contribution in [0.4, 0.5) is 0 Å². The molecule has 1 saturated carbocycles. The summed E-state index contributed by atoms with van der Waals surface area (Å²) >= 11 is 0. The maximum Gasteiger partial charge on any atom is 0.193 e. The Balaban J connectivity index is 1.64. The van der Waals surface area contributed by atoms with Crippen molar-refractivity contribution < 1.29 is 9.47 Å². The van der Waals surface area contributed by atoms with Crippen LogP contribution >= 0.6 is 0 Å². The predicted octanol–water partition coefficient (Wildman–Crippen LogP) is 2.17. The molecule has 0 bridgehead atoms. The molecule has 0 spiro atoms. The van der Waals surface area contributed by atoms with Gasteiger partial charge < -0.3 is 19.7 Å². The second-order valence-corrected chi connectivity index (χ2v) is 6.01. The molecule has 1 fully saturated rings. The predicted molar refractivity (Wildman–Crippen MR) is 94.2 cm³/mol. The van der Waals surface area contributed by atoms with E-state index in [2.05, 4.69) is 27.3 Å². The highest BCUT2D eigenvalue weighted by molar-refractivity contribution is 5.79. The van der Waals surface area contributed by atoms with Gasteiger partial charge in [-0.3, -0.25) is 4.99 Å². The molecule has 128 valence electrons. The molecular weight excluding hydrogens is 290 g/mol. The van der Waals surface area contributed by atoms with Gasteiger partial charge in [-0.1, -0.05) is 12.1 Å². The fourth-order valence-electron chi connectivity index (χ4n) is 2.34. The highest BCUT2D eigenvalue weighted by atomic mass is 16.5. The number of hydrogen-bond acceptors (Lipinski definition) is 3. The van der Waals surface area contributed by atoms with Crippen LogP contribution in [0.15, 0.2) is 29.3 Å². The van der Waals surface area contributed by atoms with Gasteiger partial charge in [-0.15, -0.1) is 0 Å². The molecule has 0 atom stereocenters. The molecule has 2 rings (SSSR count). The molecule has 1 aliphatic carbocycles. The van der Waals surface area contributed by atoms with E-state index in [-0.39, 0.29) is 0 Å². The quantitative estimate of drug-likeness (QED) is 0.430. The van der Waals surface area contributed by atoms with E-state index in [1.54, 1.807) is 7.11 Å². The lowest BCUT2D eigenvalue weighted by Crippen LogP contribution is -2.41. The summed E-state index contributed by atoms with van der Waals surface area (Å²) in [5.41, 5.74) is 1.28. The first-order valence-electron chi connectivity index (χ1n) is 8.35. The van der Waals surface area contributed by atoms with Crippen LogP contribution in [-0.2, 0) is 11.2 Å². The monoisotopic (exact) mass is 319 g/mol. The van der Waals surface area contributed by atoms with Crippen molar-refractivity contribution >= 4 is 5.96 Å². The number of nitrogens with zero attached hydrogens (tertiary/aromatic N) is 2. The van der Waals surface area contributed by atoms with Gasteiger partial charge in [0.05, 0.1) is 13.7 Å². The van der Waals surface area contributed by atoms with Gasteiger partial charge >= 0.3 is 0 Å². The zero-order chi connectivity index (χ0) is 16.5. The standard InChI is InChI=1S/C18H29N3O2/c1-19-18(21(2)12-13-23-14-16-4-5-16)20-11-10-15-6-8-17(22-3)9-7-15/h6-9,16H,4-5,10-14H2,1-3H3,(H,19,20). The van der Waals surface area contributed by atoms with E-state index in [1.165, 1.54) is 18.4 Å². The number of rotatable bonds is 9. The molecule has 1 aliphatic rings. The van der Waals surface area contributed by atoms with Crippen LogP contribution in [0.25, 0.3) is 0 Å². The van der Waals surface area contributed by atoms with Gasteiger partial charge in [0.15, 0.2) is 5.96 Å². The average Bonchev–Trinajstić information content (AvgIpc) is 3.40. The Labute approximate surface area is 139 Å². The van der Waals surface area contributed by atoms with Crippen LogP contribution in [0, 0.1) is 5.92 Å². The summed E-state index contributed by atoms with van der Waals surface area (Å²) in [6.45, 7) is 3.38. The lowest BCUT2D eigenvalue weighted by molar-refractivity contribution is 0.115. The minimum atomic E-state index is 0.756. The van der Waals surface area contributed by atoms with Gasteiger partial charge in [0.2, 0.25) is 0 Å². The SMILES string of the molecule is CN=C(NCCc1ccc(OC)cc1)N(C)CCOCC1CC1. The van der Waals surface area contributed by atoms with Crippen molar-refractivity contribution in [3.8, 4) is 5.75 Å². The number of guanidine groups is 1. The van der Waals surface area contributed by atoms with Gasteiger partial charge in [0.1, 0.15) is 5.75 Å². The maximum absolute atomic E-state index is 5.68. The second-order valence-electron chi connectivity index (χ2n) is 6.01. The average molecular weight is 319 g/mol. The van der Waals surface area contributed by atoms with Crippen LogP contribution in [0.5, 0.6) is 5.75 Å². The molecular formula is C18H29N3O2. The number of hydrogen-bond donors (Lipinski definition) is 1. The fraction of sp³-hybridized carbons (Fsp3) is 0.611. The zero-order valence-corrected chi connectivity index (χ0v) is 14.5. The first-order chi connectivity index (χ1) is 11.2. The number of methoxy groups -OCH3 is 1. The summed E-state index contributed by atoms with van der Waals surface area (Å²) in [6.07, 6.45) is 3.63. The summed E-state index contributed by atoms with van der Waals surface area (Å²) in [6, 6.07) is 8.18. The highest BCUT2D eigenvalue weighted by Crippen LogP contribution is 2.28. The summed E-state index contributed by atoms with van der Waals surface area (Å²) in [5, 5.41) is 3.40. The summed E-state index contributed by atoms with van der Waals surface area (Å²) < 4.78 is 10.9. The minimum absolute atomic E-state index is 0.756. The van der Waals surface area contributed by atoms with Crippen LogP contribution in [0.3, 0.4) is 0 Å².